The van der Waals surface area contributed by atoms with Crippen molar-refractivity contribution in [2.75, 3.05) is 31.1 Å². The molecule has 2 atom stereocenters. The Morgan fingerprint density at radius 3 is 2.47 bits per heavy atom. The van der Waals surface area contributed by atoms with Gasteiger partial charge in [0, 0.05) is 51.3 Å². The third kappa shape index (κ3) is 4.44. The number of nitrogens with two attached hydrogens (primary N) is 1. The standard InChI is InChI=1S/C23H25F3N6O2/c1-30-9-6-29-21(30)22(34)31-7-4-14(5-8-31)17-12-32(13-18(17)20(28)33)16-3-2-15(11-27)19(10-16)23(24,25)26/h2-3,6,9-10,14,17-18H,4-5,7-8,12-13H2,1H3,(H2,28,33)/t17-,18+/m0/s1. The van der Waals surface area contributed by atoms with Crippen LogP contribution in [-0.4, -0.2) is 52.4 Å². The maximum absolute atomic E-state index is 13.4. The number of nitriles is 1. The number of carbonyl (C=O) groups excluding carboxylic acids is 2. The van der Waals surface area contributed by atoms with E-state index in [1.807, 2.05) is 0 Å². The van der Waals surface area contributed by atoms with Gasteiger partial charge in [-0.1, -0.05) is 0 Å². The first-order valence-corrected chi connectivity index (χ1v) is 11.0. The van der Waals surface area contributed by atoms with Gasteiger partial charge in [0.2, 0.25) is 5.91 Å². The zero-order chi connectivity index (χ0) is 24.6. The third-order valence-electron chi connectivity index (χ3n) is 6.97. The van der Waals surface area contributed by atoms with Crippen molar-refractivity contribution in [2.24, 2.45) is 30.5 Å². The maximum Gasteiger partial charge on any atom is 0.417 e. The van der Waals surface area contributed by atoms with Gasteiger partial charge in [-0.25, -0.2) is 4.98 Å². The second-order valence-corrected chi connectivity index (χ2v) is 8.91. The van der Waals surface area contributed by atoms with Gasteiger partial charge < -0.3 is 20.1 Å². The van der Waals surface area contributed by atoms with Crippen LogP contribution in [-0.2, 0) is 18.0 Å². The highest BCUT2D eigenvalue weighted by Crippen LogP contribution is 2.40. The second-order valence-electron chi connectivity index (χ2n) is 8.91. The van der Waals surface area contributed by atoms with Gasteiger partial charge in [0.25, 0.3) is 5.91 Å². The van der Waals surface area contributed by atoms with E-state index < -0.39 is 29.1 Å². The summed E-state index contributed by atoms with van der Waals surface area (Å²) in [5.41, 5.74) is 4.55. The summed E-state index contributed by atoms with van der Waals surface area (Å²) in [7, 11) is 1.75. The molecule has 4 rings (SSSR count). The Kier molecular flexibility index (Phi) is 6.25. The van der Waals surface area contributed by atoms with Crippen molar-refractivity contribution in [3.05, 3.63) is 47.5 Å². The molecular weight excluding hydrogens is 449 g/mol. The number of imidazole rings is 1. The summed E-state index contributed by atoms with van der Waals surface area (Å²) in [6.45, 7) is 1.62. The number of carbonyl (C=O) groups is 2. The fraction of sp³-hybridized carbons (Fsp3) is 0.478. The van der Waals surface area contributed by atoms with E-state index in [2.05, 4.69) is 4.98 Å². The van der Waals surface area contributed by atoms with Crippen molar-refractivity contribution >= 4 is 17.5 Å². The number of anilines is 1. The van der Waals surface area contributed by atoms with Crippen LogP contribution in [0.1, 0.15) is 34.6 Å². The zero-order valence-electron chi connectivity index (χ0n) is 18.6. The fourth-order valence-corrected chi connectivity index (χ4v) is 5.12. The zero-order valence-corrected chi connectivity index (χ0v) is 18.6. The molecule has 2 aromatic rings. The number of benzene rings is 1. The molecule has 8 nitrogen and oxygen atoms in total. The normalized spacial score (nSPS) is 21.5. The lowest BCUT2D eigenvalue weighted by Gasteiger charge is -2.35. The van der Waals surface area contributed by atoms with E-state index in [1.165, 1.54) is 6.07 Å². The molecule has 3 heterocycles. The number of rotatable bonds is 4. The summed E-state index contributed by atoms with van der Waals surface area (Å²) in [6, 6.07) is 5.18. The first kappa shape index (κ1) is 23.6. The molecule has 34 heavy (non-hydrogen) atoms. The molecule has 0 radical (unpaired) electrons. The van der Waals surface area contributed by atoms with Crippen LogP contribution >= 0.6 is 0 Å². The van der Waals surface area contributed by atoms with Gasteiger partial charge in [-0.2, -0.15) is 18.4 Å². The SMILES string of the molecule is Cn1ccnc1C(=O)N1CCC([C@@H]2CN(c3ccc(C#N)c(C(F)(F)F)c3)C[C@H]2C(N)=O)CC1. The quantitative estimate of drug-likeness (QED) is 0.732. The van der Waals surface area contributed by atoms with Crippen molar-refractivity contribution in [1.29, 1.82) is 5.26 Å². The third-order valence-corrected chi connectivity index (χ3v) is 6.97. The topological polar surface area (TPSA) is 108 Å². The van der Waals surface area contributed by atoms with E-state index in [0.717, 1.165) is 12.1 Å². The molecule has 2 saturated heterocycles. The molecule has 0 spiro atoms. The lowest BCUT2D eigenvalue weighted by atomic mass is 9.78. The molecule has 1 aromatic carbocycles. The summed E-state index contributed by atoms with van der Waals surface area (Å²) in [6.07, 6.45) is -0.0507. The highest BCUT2D eigenvalue weighted by Gasteiger charge is 2.43. The number of piperidine rings is 1. The number of hydrogen-bond donors (Lipinski definition) is 1. The van der Waals surface area contributed by atoms with Crippen LogP contribution in [0, 0.1) is 29.1 Å². The van der Waals surface area contributed by atoms with E-state index in [0.29, 0.717) is 44.0 Å². The molecule has 0 bridgehead atoms. The second kappa shape index (κ2) is 9.00. The molecule has 180 valence electrons. The number of aromatic nitrogens is 2. The van der Waals surface area contributed by atoms with Crippen LogP contribution in [0.5, 0.6) is 0 Å². The van der Waals surface area contributed by atoms with Crippen molar-refractivity contribution in [1.82, 2.24) is 14.5 Å². The van der Waals surface area contributed by atoms with Gasteiger partial charge in [-0.15, -0.1) is 0 Å². The molecule has 0 saturated carbocycles. The fourth-order valence-electron chi connectivity index (χ4n) is 5.12. The van der Waals surface area contributed by atoms with Crippen LogP contribution in [0.25, 0.3) is 0 Å². The van der Waals surface area contributed by atoms with Gasteiger partial charge in [-0.3, -0.25) is 9.59 Å². The molecule has 2 aliphatic rings. The number of amides is 2. The van der Waals surface area contributed by atoms with Crippen molar-refractivity contribution in [2.45, 2.75) is 19.0 Å². The van der Waals surface area contributed by atoms with Crippen molar-refractivity contribution < 1.29 is 22.8 Å². The molecular formula is C23H25F3N6O2. The minimum absolute atomic E-state index is 0.105. The Balaban J connectivity index is 1.49. The number of alkyl halides is 3. The maximum atomic E-state index is 13.4. The molecule has 0 aliphatic carbocycles. The molecule has 2 amide bonds. The van der Waals surface area contributed by atoms with E-state index in [-0.39, 0.29) is 24.3 Å². The molecule has 0 unspecified atom stereocenters. The van der Waals surface area contributed by atoms with Crippen LogP contribution in [0.15, 0.2) is 30.6 Å². The first-order valence-electron chi connectivity index (χ1n) is 11.0. The Hall–Kier alpha value is -3.55. The Labute approximate surface area is 194 Å². The number of likely N-dealkylation sites (tertiary alicyclic amines) is 1. The average molecular weight is 474 g/mol. The summed E-state index contributed by atoms with van der Waals surface area (Å²) in [4.78, 5) is 32.5. The molecule has 1 aromatic heterocycles. The lowest BCUT2D eigenvalue weighted by Crippen LogP contribution is -2.43. The smallest absolute Gasteiger partial charge is 0.370 e. The van der Waals surface area contributed by atoms with Gasteiger partial charge in [0.05, 0.1) is 23.1 Å². The minimum Gasteiger partial charge on any atom is -0.370 e. The van der Waals surface area contributed by atoms with Crippen LogP contribution in [0.4, 0.5) is 18.9 Å². The summed E-state index contributed by atoms with van der Waals surface area (Å²) in [5.74, 6) is -0.804. The largest absolute Gasteiger partial charge is 0.417 e. The Morgan fingerprint density at radius 1 is 1.21 bits per heavy atom. The average Bonchev–Trinajstić information content (AvgIpc) is 3.44. The van der Waals surface area contributed by atoms with E-state index in [9.17, 15) is 22.8 Å². The summed E-state index contributed by atoms with van der Waals surface area (Å²) in [5, 5.41) is 9.04. The monoisotopic (exact) mass is 474 g/mol. The van der Waals surface area contributed by atoms with Gasteiger partial charge in [-0.05, 0) is 42.9 Å². The van der Waals surface area contributed by atoms with E-state index >= 15 is 0 Å². The highest BCUT2D eigenvalue weighted by atomic mass is 19.4. The summed E-state index contributed by atoms with van der Waals surface area (Å²) < 4.78 is 41.9. The van der Waals surface area contributed by atoms with E-state index in [4.69, 9.17) is 11.0 Å². The molecule has 2 aliphatic heterocycles. The van der Waals surface area contributed by atoms with Gasteiger partial charge in [0.15, 0.2) is 5.82 Å². The van der Waals surface area contributed by atoms with Gasteiger partial charge in [0.1, 0.15) is 0 Å². The molecule has 11 heteroatoms. The van der Waals surface area contributed by atoms with Crippen LogP contribution < -0.4 is 10.6 Å². The van der Waals surface area contributed by atoms with Crippen molar-refractivity contribution in [3.8, 4) is 6.07 Å². The first-order chi connectivity index (χ1) is 16.1. The minimum atomic E-state index is -4.66. The molecule has 2 fully saturated rings. The van der Waals surface area contributed by atoms with Gasteiger partial charge >= 0.3 is 6.18 Å². The Bertz CT molecular complexity index is 1130. The number of nitrogens with zero attached hydrogens (tertiary/aromatic N) is 5. The summed E-state index contributed by atoms with van der Waals surface area (Å²) >= 11 is 0. The Morgan fingerprint density at radius 2 is 1.91 bits per heavy atom. The number of primary amides is 1. The van der Waals surface area contributed by atoms with Crippen molar-refractivity contribution in [3.63, 3.8) is 0 Å². The van der Waals surface area contributed by atoms with Crippen LogP contribution in [0.3, 0.4) is 0 Å². The number of hydrogen-bond acceptors (Lipinski definition) is 5. The number of halogens is 3. The highest BCUT2D eigenvalue weighted by molar-refractivity contribution is 5.90. The predicted molar refractivity (Wildman–Crippen MR) is 116 cm³/mol. The predicted octanol–water partition coefficient (Wildman–Crippen LogP) is 2.40. The number of aryl methyl sites for hydroxylation is 1. The lowest BCUT2D eigenvalue weighted by molar-refractivity contribution is -0.137. The van der Waals surface area contributed by atoms with Crippen LogP contribution in [0.2, 0.25) is 0 Å². The molecule has 2 N–H and O–H groups in total. The van der Waals surface area contributed by atoms with E-state index in [1.54, 1.807) is 39.9 Å².